The molecule has 0 aromatic rings. The van der Waals surface area contributed by atoms with Crippen LogP contribution in [0.15, 0.2) is 0 Å². The van der Waals surface area contributed by atoms with E-state index in [2.05, 4.69) is 31.0 Å². The Labute approximate surface area is 120 Å². The Hall–Kier alpha value is -0.0800. The molecule has 112 valence electrons. The highest BCUT2D eigenvalue weighted by Crippen LogP contribution is 2.40. The highest BCUT2D eigenvalue weighted by molar-refractivity contribution is 4.91. The zero-order chi connectivity index (χ0) is 13.7. The van der Waals surface area contributed by atoms with Crippen LogP contribution in [-0.2, 0) is 0 Å². The molecule has 1 saturated carbocycles. The summed E-state index contributed by atoms with van der Waals surface area (Å²) in [6.07, 6.45) is 10.0. The first-order valence-corrected chi connectivity index (χ1v) is 8.60. The maximum Gasteiger partial charge on any atom is 0.00671 e. The number of nitrogens with one attached hydrogen (secondary N) is 1. The minimum absolute atomic E-state index is 0.564. The fourth-order valence-corrected chi connectivity index (χ4v) is 3.98. The van der Waals surface area contributed by atoms with Crippen molar-refractivity contribution in [3.8, 4) is 0 Å². The number of hydrogen-bond acceptors (Lipinski definition) is 2. The van der Waals surface area contributed by atoms with Crippen molar-refractivity contribution in [3.05, 3.63) is 0 Å². The molecule has 1 heterocycles. The summed E-state index contributed by atoms with van der Waals surface area (Å²) in [6.45, 7) is 12.1. The molecule has 1 N–H and O–H groups in total. The maximum atomic E-state index is 3.65. The van der Waals surface area contributed by atoms with Crippen LogP contribution in [0.5, 0.6) is 0 Å². The van der Waals surface area contributed by atoms with Crippen LogP contribution in [-0.4, -0.2) is 37.1 Å². The lowest BCUT2D eigenvalue weighted by atomic mass is 9.70. The second kappa shape index (κ2) is 7.08. The average molecular weight is 266 g/mol. The fourth-order valence-electron chi connectivity index (χ4n) is 3.98. The molecule has 2 nitrogen and oxygen atoms in total. The standard InChI is InChI=1S/C17H34N2/c1-4-18-13-17(10-8-15(2)9-11-17)14-19-12-6-5-7-16(19)3/h15-16,18H,4-14H2,1-3H3. The van der Waals surface area contributed by atoms with E-state index in [0.29, 0.717) is 5.41 Å². The van der Waals surface area contributed by atoms with Crippen LogP contribution in [0.3, 0.4) is 0 Å². The molecule has 2 fully saturated rings. The predicted molar refractivity (Wildman–Crippen MR) is 83.5 cm³/mol. The Bertz CT molecular complexity index is 250. The summed E-state index contributed by atoms with van der Waals surface area (Å²) in [5.74, 6) is 0.952. The molecule has 2 heteroatoms. The third-order valence-corrected chi connectivity index (χ3v) is 5.56. The van der Waals surface area contributed by atoms with Gasteiger partial charge in [0.2, 0.25) is 0 Å². The zero-order valence-corrected chi connectivity index (χ0v) is 13.4. The first kappa shape index (κ1) is 15.3. The van der Waals surface area contributed by atoms with Crippen molar-refractivity contribution in [2.75, 3.05) is 26.2 Å². The van der Waals surface area contributed by atoms with Gasteiger partial charge in [0.25, 0.3) is 0 Å². The van der Waals surface area contributed by atoms with E-state index in [1.165, 1.54) is 64.6 Å². The van der Waals surface area contributed by atoms with Gasteiger partial charge in [-0.15, -0.1) is 0 Å². The highest BCUT2D eigenvalue weighted by Gasteiger charge is 2.36. The monoisotopic (exact) mass is 266 g/mol. The van der Waals surface area contributed by atoms with E-state index in [1.807, 2.05) is 0 Å². The third-order valence-electron chi connectivity index (χ3n) is 5.56. The van der Waals surface area contributed by atoms with Crippen molar-refractivity contribution in [1.82, 2.24) is 10.2 Å². The minimum atomic E-state index is 0.564. The molecule has 2 rings (SSSR count). The van der Waals surface area contributed by atoms with Gasteiger partial charge in [-0.2, -0.15) is 0 Å². The van der Waals surface area contributed by atoms with Gasteiger partial charge in [-0.3, -0.25) is 0 Å². The summed E-state index contributed by atoms with van der Waals surface area (Å²) in [5, 5.41) is 3.65. The zero-order valence-electron chi connectivity index (χ0n) is 13.4. The van der Waals surface area contributed by atoms with Crippen molar-refractivity contribution in [2.45, 2.75) is 71.8 Å². The van der Waals surface area contributed by atoms with Gasteiger partial charge < -0.3 is 10.2 Å². The van der Waals surface area contributed by atoms with Gasteiger partial charge in [0, 0.05) is 19.1 Å². The maximum absolute atomic E-state index is 3.65. The number of hydrogen-bond donors (Lipinski definition) is 1. The molecular weight excluding hydrogens is 232 g/mol. The van der Waals surface area contributed by atoms with Gasteiger partial charge in [0.1, 0.15) is 0 Å². The first-order valence-electron chi connectivity index (χ1n) is 8.60. The van der Waals surface area contributed by atoms with Crippen molar-refractivity contribution in [3.63, 3.8) is 0 Å². The van der Waals surface area contributed by atoms with Gasteiger partial charge in [0.15, 0.2) is 0 Å². The molecule has 1 unspecified atom stereocenters. The lowest BCUT2D eigenvalue weighted by molar-refractivity contribution is 0.0515. The Balaban J connectivity index is 1.96. The molecule has 0 aromatic carbocycles. The summed E-state index contributed by atoms with van der Waals surface area (Å²) in [6, 6.07) is 0.812. The van der Waals surface area contributed by atoms with Gasteiger partial charge in [0.05, 0.1) is 0 Å². The molecule has 0 bridgehead atoms. The van der Waals surface area contributed by atoms with Crippen molar-refractivity contribution in [1.29, 1.82) is 0 Å². The van der Waals surface area contributed by atoms with E-state index in [4.69, 9.17) is 0 Å². The van der Waals surface area contributed by atoms with Crippen molar-refractivity contribution in [2.24, 2.45) is 11.3 Å². The largest absolute Gasteiger partial charge is 0.316 e. The van der Waals surface area contributed by atoms with Gasteiger partial charge >= 0.3 is 0 Å². The van der Waals surface area contributed by atoms with Gasteiger partial charge in [-0.05, 0) is 57.0 Å². The van der Waals surface area contributed by atoms with E-state index >= 15 is 0 Å². The average Bonchev–Trinajstić information content (AvgIpc) is 2.42. The lowest BCUT2D eigenvalue weighted by Crippen LogP contribution is -2.50. The summed E-state index contributed by atoms with van der Waals surface area (Å²) in [5.41, 5.74) is 0.564. The van der Waals surface area contributed by atoms with Crippen LogP contribution in [0.4, 0.5) is 0 Å². The van der Waals surface area contributed by atoms with Crippen LogP contribution in [0.25, 0.3) is 0 Å². The molecule has 0 aromatic heterocycles. The van der Waals surface area contributed by atoms with E-state index < -0.39 is 0 Å². The minimum Gasteiger partial charge on any atom is -0.316 e. The smallest absolute Gasteiger partial charge is 0.00671 e. The van der Waals surface area contributed by atoms with Crippen LogP contribution in [0, 0.1) is 11.3 Å². The molecule has 2 aliphatic rings. The normalized spacial score (nSPS) is 37.4. The topological polar surface area (TPSA) is 15.3 Å². The predicted octanol–water partition coefficient (Wildman–Crippen LogP) is 3.67. The quantitative estimate of drug-likeness (QED) is 0.817. The second-order valence-corrected chi connectivity index (χ2v) is 7.28. The molecule has 1 aliphatic carbocycles. The Morgan fingerprint density at radius 2 is 1.84 bits per heavy atom. The summed E-state index contributed by atoms with van der Waals surface area (Å²) >= 11 is 0. The van der Waals surface area contributed by atoms with E-state index in [0.717, 1.165) is 18.5 Å². The SMILES string of the molecule is CCNCC1(CN2CCCCC2C)CCC(C)CC1. The van der Waals surface area contributed by atoms with E-state index in [9.17, 15) is 0 Å². The molecule has 19 heavy (non-hydrogen) atoms. The van der Waals surface area contributed by atoms with Crippen molar-refractivity contribution < 1.29 is 0 Å². The summed E-state index contributed by atoms with van der Waals surface area (Å²) in [4.78, 5) is 2.79. The molecule has 0 spiro atoms. The summed E-state index contributed by atoms with van der Waals surface area (Å²) < 4.78 is 0. The number of rotatable bonds is 5. The molecule has 1 atom stereocenters. The highest BCUT2D eigenvalue weighted by atomic mass is 15.2. The Kier molecular flexibility index (Phi) is 5.70. The number of piperidine rings is 1. The van der Waals surface area contributed by atoms with Crippen LogP contribution < -0.4 is 5.32 Å². The Morgan fingerprint density at radius 3 is 2.47 bits per heavy atom. The van der Waals surface area contributed by atoms with E-state index in [1.54, 1.807) is 0 Å². The Morgan fingerprint density at radius 1 is 1.11 bits per heavy atom. The second-order valence-electron chi connectivity index (χ2n) is 7.28. The van der Waals surface area contributed by atoms with Crippen LogP contribution in [0.1, 0.15) is 65.7 Å². The van der Waals surface area contributed by atoms with Crippen LogP contribution in [0.2, 0.25) is 0 Å². The van der Waals surface area contributed by atoms with Gasteiger partial charge in [-0.1, -0.05) is 33.1 Å². The third kappa shape index (κ3) is 4.19. The fraction of sp³-hybridized carbons (Fsp3) is 1.00. The van der Waals surface area contributed by atoms with Crippen LogP contribution >= 0.6 is 0 Å². The molecule has 1 saturated heterocycles. The van der Waals surface area contributed by atoms with Gasteiger partial charge in [-0.25, -0.2) is 0 Å². The molecule has 1 aliphatic heterocycles. The first-order chi connectivity index (χ1) is 9.15. The molecular formula is C17H34N2. The summed E-state index contributed by atoms with van der Waals surface area (Å²) in [7, 11) is 0. The number of nitrogens with zero attached hydrogens (tertiary/aromatic N) is 1. The lowest BCUT2D eigenvalue weighted by Gasteiger charge is -2.46. The molecule has 0 radical (unpaired) electrons. The molecule has 0 amide bonds. The van der Waals surface area contributed by atoms with E-state index in [-0.39, 0.29) is 0 Å². The van der Waals surface area contributed by atoms with Crippen molar-refractivity contribution >= 4 is 0 Å². The number of likely N-dealkylation sites (tertiary alicyclic amines) is 1.